The molecule has 0 aromatic heterocycles. The lowest BCUT2D eigenvalue weighted by Gasteiger charge is -2.30. The summed E-state index contributed by atoms with van der Waals surface area (Å²) >= 11 is 0. The van der Waals surface area contributed by atoms with Crippen molar-refractivity contribution in [2.75, 3.05) is 36.9 Å². The molecule has 5 nitrogen and oxygen atoms in total. The Hall–Kier alpha value is -2.53. The van der Waals surface area contributed by atoms with Crippen molar-refractivity contribution in [3.8, 4) is 0 Å². The topological polar surface area (TPSA) is 67.6 Å². The number of nitrogen functional groups attached to an aromatic ring is 1. The van der Waals surface area contributed by atoms with Crippen LogP contribution in [0.1, 0.15) is 15.9 Å². The summed E-state index contributed by atoms with van der Waals surface area (Å²) in [6.07, 6.45) is 0. The van der Waals surface area contributed by atoms with E-state index < -0.39 is 0 Å². The molecule has 0 bridgehead atoms. The van der Waals surface area contributed by atoms with Gasteiger partial charge in [0.25, 0.3) is 5.91 Å². The summed E-state index contributed by atoms with van der Waals surface area (Å²) in [6, 6.07) is 15.1. The van der Waals surface area contributed by atoms with Gasteiger partial charge in [-0.2, -0.15) is 0 Å². The zero-order valence-corrected chi connectivity index (χ0v) is 13.0. The van der Waals surface area contributed by atoms with Gasteiger partial charge in [0.05, 0.1) is 13.2 Å². The van der Waals surface area contributed by atoms with Gasteiger partial charge in [0.2, 0.25) is 0 Å². The second-order valence-corrected chi connectivity index (χ2v) is 5.54. The average molecular weight is 311 g/mol. The number of ether oxygens (including phenoxy) is 1. The van der Waals surface area contributed by atoms with Crippen molar-refractivity contribution in [2.45, 2.75) is 6.54 Å². The van der Waals surface area contributed by atoms with Crippen LogP contribution in [0.5, 0.6) is 0 Å². The van der Waals surface area contributed by atoms with E-state index in [0.717, 1.165) is 37.6 Å². The molecule has 2 aromatic carbocycles. The molecule has 120 valence electrons. The van der Waals surface area contributed by atoms with Gasteiger partial charge in [-0.25, -0.2) is 0 Å². The lowest BCUT2D eigenvalue weighted by molar-refractivity contribution is 0.0950. The minimum atomic E-state index is -0.117. The zero-order chi connectivity index (χ0) is 16.1. The molecule has 0 unspecified atom stereocenters. The molecule has 1 aliphatic heterocycles. The van der Waals surface area contributed by atoms with E-state index in [4.69, 9.17) is 10.5 Å². The highest BCUT2D eigenvalue weighted by atomic mass is 16.5. The summed E-state index contributed by atoms with van der Waals surface area (Å²) in [4.78, 5) is 14.6. The standard InChI is InChI=1S/C18H21N3O2/c19-16-6-3-5-14(12-16)18(22)20-13-15-4-1-2-7-17(15)21-8-10-23-11-9-21/h1-7,12H,8-11,13,19H2,(H,20,22). The first-order chi connectivity index (χ1) is 11.2. The Bertz CT molecular complexity index is 681. The molecule has 1 amide bonds. The number of rotatable bonds is 4. The van der Waals surface area contributed by atoms with Crippen LogP contribution in [0.3, 0.4) is 0 Å². The minimum Gasteiger partial charge on any atom is -0.399 e. The van der Waals surface area contributed by atoms with Crippen molar-refractivity contribution in [2.24, 2.45) is 0 Å². The lowest BCUT2D eigenvalue weighted by atomic mass is 10.1. The number of nitrogens with two attached hydrogens (primary N) is 1. The van der Waals surface area contributed by atoms with Crippen molar-refractivity contribution in [3.63, 3.8) is 0 Å². The second-order valence-electron chi connectivity index (χ2n) is 5.54. The SMILES string of the molecule is Nc1cccc(C(=O)NCc2ccccc2N2CCOCC2)c1. The summed E-state index contributed by atoms with van der Waals surface area (Å²) in [5.74, 6) is -0.117. The molecular weight excluding hydrogens is 290 g/mol. The number of nitrogens with one attached hydrogen (secondary N) is 1. The van der Waals surface area contributed by atoms with E-state index in [1.165, 1.54) is 0 Å². The number of carbonyl (C=O) groups is 1. The van der Waals surface area contributed by atoms with Crippen molar-refractivity contribution >= 4 is 17.3 Å². The van der Waals surface area contributed by atoms with Gasteiger partial charge < -0.3 is 20.7 Å². The maximum absolute atomic E-state index is 12.3. The van der Waals surface area contributed by atoms with E-state index in [1.54, 1.807) is 24.3 Å². The Labute approximate surface area is 136 Å². The molecule has 3 rings (SSSR count). The molecule has 1 heterocycles. The van der Waals surface area contributed by atoms with E-state index >= 15 is 0 Å². The molecule has 0 radical (unpaired) electrons. The normalized spacial score (nSPS) is 14.5. The average Bonchev–Trinajstić information content (AvgIpc) is 2.60. The number of carbonyl (C=O) groups excluding carboxylic acids is 1. The number of amides is 1. The highest BCUT2D eigenvalue weighted by Crippen LogP contribution is 2.21. The Kier molecular flexibility index (Phi) is 4.78. The molecule has 0 atom stereocenters. The summed E-state index contributed by atoms with van der Waals surface area (Å²) < 4.78 is 5.41. The van der Waals surface area contributed by atoms with E-state index in [0.29, 0.717) is 17.8 Å². The number of para-hydroxylation sites is 1. The number of morpholine rings is 1. The minimum absolute atomic E-state index is 0.117. The lowest BCUT2D eigenvalue weighted by Crippen LogP contribution is -2.37. The van der Waals surface area contributed by atoms with E-state index in [2.05, 4.69) is 16.3 Å². The van der Waals surface area contributed by atoms with Crippen LogP contribution < -0.4 is 16.0 Å². The molecule has 0 aliphatic carbocycles. The molecule has 0 spiro atoms. The summed E-state index contributed by atoms with van der Waals surface area (Å²) in [7, 11) is 0. The van der Waals surface area contributed by atoms with Gasteiger partial charge in [-0.05, 0) is 29.8 Å². The Balaban J connectivity index is 1.69. The number of hydrogen-bond acceptors (Lipinski definition) is 4. The van der Waals surface area contributed by atoms with Crippen molar-refractivity contribution in [1.29, 1.82) is 0 Å². The van der Waals surface area contributed by atoms with Crippen LogP contribution in [-0.4, -0.2) is 32.2 Å². The van der Waals surface area contributed by atoms with Gasteiger partial charge in [0.15, 0.2) is 0 Å². The fourth-order valence-electron chi connectivity index (χ4n) is 2.73. The summed E-state index contributed by atoms with van der Waals surface area (Å²) in [5.41, 5.74) is 9.15. The highest BCUT2D eigenvalue weighted by molar-refractivity contribution is 5.95. The van der Waals surface area contributed by atoms with Crippen LogP contribution in [0.4, 0.5) is 11.4 Å². The molecule has 3 N–H and O–H groups in total. The van der Waals surface area contributed by atoms with E-state index in [-0.39, 0.29) is 5.91 Å². The van der Waals surface area contributed by atoms with Gasteiger partial charge in [-0.15, -0.1) is 0 Å². The summed E-state index contributed by atoms with van der Waals surface area (Å²) in [5, 5.41) is 2.97. The monoisotopic (exact) mass is 311 g/mol. The highest BCUT2D eigenvalue weighted by Gasteiger charge is 2.15. The first-order valence-corrected chi connectivity index (χ1v) is 7.78. The van der Waals surface area contributed by atoms with Crippen LogP contribution in [0.2, 0.25) is 0 Å². The van der Waals surface area contributed by atoms with Crippen LogP contribution in [-0.2, 0) is 11.3 Å². The third-order valence-corrected chi connectivity index (χ3v) is 3.93. The number of nitrogens with zero attached hydrogens (tertiary/aromatic N) is 1. The maximum Gasteiger partial charge on any atom is 0.251 e. The predicted molar refractivity (Wildman–Crippen MR) is 91.5 cm³/mol. The predicted octanol–water partition coefficient (Wildman–Crippen LogP) is 2.04. The molecule has 23 heavy (non-hydrogen) atoms. The quantitative estimate of drug-likeness (QED) is 0.848. The van der Waals surface area contributed by atoms with Gasteiger partial charge in [-0.1, -0.05) is 24.3 Å². The van der Waals surface area contributed by atoms with E-state index in [1.807, 2.05) is 18.2 Å². The molecule has 1 saturated heterocycles. The smallest absolute Gasteiger partial charge is 0.251 e. The van der Waals surface area contributed by atoms with Crippen LogP contribution in [0.25, 0.3) is 0 Å². The van der Waals surface area contributed by atoms with E-state index in [9.17, 15) is 4.79 Å². The fraction of sp³-hybridized carbons (Fsp3) is 0.278. The van der Waals surface area contributed by atoms with Crippen LogP contribution in [0, 0.1) is 0 Å². The van der Waals surface area contributed by atoms with Gasteiger partial charge >= 0.3 is 0 Å². The number of benzene rings is 2. The third-order valence-electron chi connectivity index (χ3n) is 3.93. The second kappa shape index (κ2) is 7.15. The third kappa shape index (κ3) is 3.81. The van der Waals surface area contributed by atoms with Crippen molar-refractivity contribution in [1.82, 2.24) is 5.32 Å². The number of anilines is 2. The first-order valence-electron chi connectivity index (χ1n) is 7.78. The van der Waals surface area contributed by atoms with Crippen molar-refractivity contribution < 1.29 is 9.53 Å². The van der Waals surface area contributed by atoms with Crippen LogP contribution in [0.15, 0.2) is 48.5 Å². The van der Waals surface area contributed by atoms with Gasteiger partial charge in [-0.3, -0.25) is 4.79 Å². The molecular formula is C18H21N3O2. The largest absolute Gasteiger partial charge is 0.399 e. The zero-order valence-electron chi connectivity index (χ0n) is 13.0. The Morgan fingerprint density at radius 3 is 2.70 bits per heavy atom. The summed E-state index contributed by atoms with van der Waals surface area (Å²) in [6.45, 7) is 3.72. The Morgan fingerprint density at radius 1 is 1.13 bits per heavy atom. The molecule has 0 saturated carbocycles. The molecule has 1 fully saturated rings. The maximum atomic E-state index is 12.3. The molecule has 5 heteroatoms. The number of hydrogen-bond donors (Lipinski definition) is 2. The van der Waals surface area contributed by atoms with Crippen LogP contribution >= 0.6 is 0 Å². The van der Waals surface area contributed by atoms with Gasteiger partial charge in [0, 0.05) is 36.6 Å². The molecule has 1 aliphatic rings. The fourth-order valence-corrected chi connectivity index (χ4v) is 2.73. The van der Waals surface area contributed by atoms with Gasteiger partial charge in [0.1, 0.15) is 0 Å². The first kappa shape index (κ1) is 15.4. The molecule has 2 aromatic rings. The van der Waals surface area contributed by atoms with Crippen molar-refractivity contribution in [3.05, 3.63) is 59.7 Å². The Morgan fingerprint density at radius 2 is 1.91 bits per heavy atom.